The van der Waals surface area contributed by atoms with Crippen molar-refractivity contribution in [3.63, 3.8) is 0 Å². The zero-order valence-corrected chi connectivity index (χ0v) is 15.4. The van der Waals surface area contributed by atoms with Crippen molar-refractivity contribution in [3.05, 3.63) is 59.7 Å². The molecule has 26 heavy (non-hydrogen) atoms. The molecule has 5 heteroatoms. The molecule has 0 spiro atoms. The first-order chi connectivity index (χ1) is 12.6. The normalized spacial score (nSPS) is 10.2. The number of para-hydroxylation sites is 1. The second-order valence-electron chi connectivity index (χ2n) is 6.05. The van der Waals surface area contributed by atoms with Crippen LogP contribution in [0, 0.1) is 0 Å². The van der Waals surface area contributed by atoms with Crippen LogP contribution in [0.2, 0.25) is 0 Å². The van der Waals surface area contributed by atoms with Crippen molar-refractivity contribution >= 4 is 17.5 Å². The van der Waals surface area contributed by atoms with Crippen LogP contribution in [0.3, 0.4) is 0 Å². The van der Waals surface area contributed by atoms with E-state index in [1.807, 2.05) is 30.3 Å². The molecule has 5 nitrogen and oxygen atoms in total. The number of hydrogen-bond acceptors (Lipinski definition) is 3. The number of anilines is 1. The average Bonchev–Trinajstić information content (AvgIpc) is 2.67. The molecule has 0 aliphatic carbocycles. The van der Waals surface area contributed by atoms with Crippen molar-refractivity contribution < 1.29 is 14.3 Å². The molecule has 0 aliphatic rings. The summed E-state index contributed by atoms with van der Waals surface area (Å²) in [7, 11) is 1.61. The zero-order chi connectivity index (χ0) is 18.8. The van der Waals surface area contributed by atoms with Gasteiger partial charge in [-0.3, -0.25) is 9.59 Å². The van der Waals surface area contributed by atoms with Crippen LogP contribution in [0.5, 0.6) is 5.75 Å². The maximum absolute atomic E-state index is 12.6. The maximum Gasteiger partial charge on any atom is 0.259 e. The predicted octanol–water partition coefficient (Wildman–Crippen LogP) is 3.80. The second kappa shape index (κ2) is 10.2. The molecule has 0 aromatic heterocycles. The molecule has 0 heterocycles. The SMILES string of the molecule is CCCCCOc1ccccc1C(=O)Nc1ccc(CC(=O)NC)cc1. The minimum Gasteiger partial charge on any atom is -0.493 e. The number of hydrogen-bond donors (Lipinski definition) is 2. The van der Waals surface area contributed by atoms with Gasteiger partial charge in [0.15, 0.2) is 0 Å². The molecule has 0 bridgehead atoms. The third kappa shape index (κ3) is 5.92. The van der Waals surface area contributed by atoms with E-state index < -0.39 is 0 Å². The molecule has 2 rings (SSSR count). The van der Waals surface area contributed by atoms with Crippen LogP contribution < -0.4 is 15.4 Å². The fraction of sp³-hybridized carbons (Fsp3) is 0.333. The van der Waals surface area contributed by atoms with Gasteiger partial charge in [0.05, 0.1) is 18.6 Å². The number of carbonyl (C=O) groups is 2. The van der Waals surface area contributed by atoms with Crippen molar-refractivity contribution in [2.75, 3.05) is 19.0 Å². The van der Waals surface area contributed by atoms with E-state index in [0.29, 0.717) is 30.0 Å². The fourth-order valence-corrected chi connectivity index (χ4v) is 2.49. The summed E-state index contributed by atoms with van der Waals surface area (Å²) < 4.78 is 5.77. The van der Waals surface area contributed by atoms with E-state index in [-0.39, 0.29) is 11.8 Å². The number of nitrogens with one attached hydrogen (secondary N) is 2. The molecule has 0 atom stereocenters. The number of ether oxygens (including phenoxy) is 1. The Bertz CT molecular complexity index is 726. The standard InChI is InChI=1S/C21H26N2O3/c1-3-4-7-14-26-19-9-6-5-8-18(19)21(25)23-17-12-10-16(11-13-17)15-20(24)22-2/h5-6,8-13H,3-4,7,14-15H2,1-2H3,(H,22,24)(H,23,25). The first-order valence-electron chi connectivity index (χ1n) is 8.96. The number of benzene rings is 2. The summed E-state index contributed by atoms with van der Waals surface area (Å²) in [6, 6.07) is 14.5. The van der Waals surface area contributed by atoms with E-state index in [4.69, 9.17) is 4.74 Å². The van der Waals surface area contributed by atoms with Gasteiger partial charge >= 0.3 is 0 Å². The third-order valence-corrected chi connectivity index (χ3v) is 3.99. The maximum atomic E-state index is 12.6. The first-order valence-corrected chi connectivity index (χ1v) is 8.96. The molecule has 0 saturated heterocycles. The Morgan fingerprint density at radius 1 is 1.00 bits per heavy atom. The van der Waals surface area contributed by atoms with Crippen molar-refractivity contribution in [1.82, 2.24) is 5.32 Å². The van der Waals surface area contributed by atoms with Crippen LogP contribution in [-0.2, 0) is 11.2 Å². The molecule has 2 amide bonds. The van der Waals surface area contributed by atoms with E-state index in [9.17, 15) is 9.59 Å². The summed E-state index contributed by atoms with van der Waals surface area (Å²) in [5.74, 6) is 0.336. The smallest absolute Gasteiger partial charge is 0.259 e. The minimum atomic E-state index is -0.213. The van der Waals surface area contributed by atoms with Gasteiger partial charge in [0.25, 0.3) is 5.91 Å². The highest BCUT2D eigenvalue weighted by Crippen LogP contribution is 2.20. The fourth-order valence-electron chi connectivity index (χ4n) is 2.49. The summed E-state index contributed by atoms with van der Waals surface area (Å²) in [5, 5.41) is 5.47. The quantitative estimate of drug-likeness (QED) is 0.673. The molecule has 0 fully saturated rings. The predicted molar refractivity (Wildman–Crippen MR) is 104 cm³/mol. The highest BCUT2D eigenvalue weighted by molar-refractivity contribution is 6.06. The van der Waals surface area contributed by atoms with Crippen molar-refractivity contribution in [1.29, 1.82) is 0 Å². The van der Waals surface area contributed by atoms with Crippen LogP contribution in [0.1, 0.15) is 42.1 Å². The highest BCUT2D eigenvalue weighted by Gasteiger charge is 2.12. The Morgan fingerprint density at radius 3 is 2.42 bits per heavy atom. The van der Waals surface area contributed by atoms with Gasteiger partial charge in [0, 0.05) is 12.7 Å². The molecule has 138 valence electrons. The number of rotatable bonds is 9. The molecule has 0 unspecified atom stereocenters. The Kier molecular flexibility index (Phi) is 7.68. The lowest BCUT2D eigenvalue weighted by molar-refractivity contribution is -0.119. The van der Waals surface area contributed by atoms with Crippen LogP contribution in [0.4, 0.5) is 5.69 Å². The van der Waals surface area contributed by atoms with Crippen molar-refractivity contribution in [2.45, 2.75) is 32.6 Å². The first kappa shape index (κ1) is 19.5. The Hall–Kier alpha value is -2.82. The third-order valence-electron chi connectivity index (χ3n) is 3.99. The van der Waals surface area contributed by atoms with Gasteiger partial charge in [0.2, 0.25) is 5.91 Å². The van der Waals surface area contributed by atoms with Crippen LogP contribution in [-0.4, -0.2) is 25.5 Å². The summed E-state index contributed by atoms with van der Waals surface area (Å²) in [4.78, 5) is 24.0. The van der Waals surface area contributed by atoms with Crippen molar-refractivity contribution in [3.8, 4) is 5.75 Å². The van der Waals surface area contributed by atoms with Crippen molar-refractivity contribution in [2.24, 2.45) is 0 Å². The molecule has 0 saturated carbocycles. The molecular formula is C21H26N2O3. The van der Waals surface area contributed by atoms with Gasteiger partial charge in [-0.15, -0.1) is 0 Å². The minimum absolute atomic E-state index is 0.0454. The van der Waals surface area contributed by atoms with E-state index in [1.54, 1.807) is 25.2 Å². The Balaban J connectivity index is 2.00. The van der Waals surface area contributed by atoms with E-state index >= 15 is 0 Å². The Labute approximate surface area is 154 Å². The number of likely N-dealkylation sites (N-methyl/N-ethyl adjacent to an activating group) is 1. The monoisotopic (exact) mass is 354 g/mol. The second-order valence-corrected chi connectivity index (χ2v) is 6.05. The molecule has 2 aromatic carbocycles. The van der Waals surface area contributed by atoms with E-state index in [2.05, 4.69) is 17.6 Å². The Morgan fingerprint density at radius 2 is 1.73 bits per heavy atom. The summed E-state index contributed by atoms with van der Waals surface area (Å²) in [6.07, 6.45) is 3.52. The number of carbonyl (C=O) groups excluding carboxylic acids is 2. The van der Waals surface area contributed by atoms with Gasteiger partial charge in [-0.05, 0) is 36.2 Å². The van der Waals surface area contributed by atoms with Crippen LogP contribution >= 0.6 is 0 Å². The molecule has 0 aliphatic heterocycles. The van der Waals surface area contributed by atoms with Crippen LogP contribution in [0.25, 0.3) is 0 Å². The lowest BCUT2D eigenvalue weighted by Gasteiger charge is -2.12. The van der Waals surface area contributed by atoms with Gasteiger partial charge < -0.3 is 15.4 Å². The number of unbranched alkanes of at least 4 members (excludes halogenated alkanes) is 2. The van der Waals surface area contributed by atoms with Gasteiger partial charge in [-0.2, -0.15) is 0 Å². The van der Waals surface area contributed by atoms with Gasteiger partial charge in [0.1, 0.15) is 5.75 Å². The van der Waals surface area contributed by atoms with Gasteiger partial charge in [-0.25, -0.2) is 0 Å². The average molecular weight is 354 g/mol. The summed E-state index contributed by atoms with van der Waals surface area (Å²) in [6.45, 7) is 2.74. The van der Waals surface area contributed by atoms with E-state index in [1.165, 1.54) is 0 Å². The lowest BCUT2D eigenvalue weighted by Crippen LogP contribution is -2.19. The van der Waals surface area contributed by atoms with E-state index in [0.717, 1.165) is 24.8 Å². The lowest BCUT2D eigenvalue weighted by atomic mass is 10.1. The molecule has 0 radical (unpaired) electrons. The number of amides is 2. The zero-order valence-electron chi connectivity index (χ0n) is 15.4. The molecule has 2 aromatic rings. The van der Waals surface area contributed by atoms with Gasteiger partial charge in [-0.1, -0.05) is 44.0 Å². The van der Waals surface area contributed by atoms with Crippen LogP contribution in [0.15, 0.2) is 48.5 Å². The topological polar surface area (TPSA) is 67.4 Å². The summed E-state index contributed by atoms with van der Waals surface area (Å²) in [5.41, 5.74) is 2.08. The largest absolute Gasteiger partial charge is 0.493 e. The molecule has 2 N–H and O–H groups in total. The summed E-state index contributed by atoms with van der Waals surface area (Å²) >= 11 is 0. The highest BCUT2D eigenvalue weighted by atomic mass is 16.5. The molecular weight excluding hydrogens is 328 g/mol.